The predicted octanol–water partition coefficient (Wildman–Crippen LogP) is 3.76. The zero-order chi connectivity index (χ0) is 19.7. The Morgan fingerprint density at radius 1 is 1.00 bits per heavy atom. The van der Waals surface area contributed by atoms with E-state index < -0.39 is 10.0 Å². The first-order valence-electron chi connectivity index (χ1n) is 9.63. The molecule has 28 heavy (non-hydrogen) atoms. The molecule has 0 atom stereocenters. The summed E-state index contributed by atoms with van der Waals surface area (Å²) in [6.07, 6.45) is 3.74. The number of carbonyl (C=O) groups is 1. The Morgan fingerprint density at radius 3 is 2.43 bits per heavy atom. The van der Waals surface area contributed by atoms with Gasteiger partial charge in [-0.05, 0) is 67.1 Å². The molecule has 0 aromatic heterocycles. The Bertz CT molecular complexity index is 983. The molecule has 0 saturated carbocycles. The molecule has 2 aliphatic rings. The van der Waals surface area contributed by atoms with Crippen LogP contribution in [0.4, 0.5) is 5.69 Å². The average Bonchev–Trinajstić information content (AvgIpc) is 3.36. The predicted molar refractivity (Wildman–Crippen MR) is 113 cm³/mol. The normalized spacial score (nSPS) is 17.1. The number of fused-ring (bicyclic) bond motifs is 1. The van der Waals surface area contributed by atoms with Crippen LogP contribution in [0.3, 0.4) is 0 Å². The van der Waals surface area contributed by atoms with Gasteiger partial charge in [0.2, 0.25) is 15.9 Å². The van der Waals surface area contributed by atoms with E-state index in [0.29, 0.717) is 30.8 Å². The smallest absolute Gasteiger partial charge is 0.243 e. The fraction of sp³-hybridized carbons (Fsp3) is 0.381. The zero-order valence-electron chi connectivity index (χ0n) is 15.6. The standard InChI is InChI=1S/C21H23BrN2O3S/c22-18-6-9-20-17(15-18)11-14-24(20)21(25)10-5-16-3-7-19(8-4-16)28(26,27)23-12-1-2-13-23/h3-4,6-9,15H,1-2,5,10-14H2. The lowest BCUT2D eigenvalue weighted by Crippen LogP contribution is -2.29. The number of benzene rings is 2. The first-order chi connectivity index (χ1) is 13.4. The van der Waals surface area contributed by atoms with Crippen LogP contribution in [-0.2, 0) is 27.7 Å². The van der Waals surface area contributed by atoms with E-state index in [1.165, 1.54) is 5.56 Å². The fourth-order valence-corrected chi connectivity index (χ4v) is 5.85. The van der Waals surface area contributed by atoms with Gasteiger partial charge in [0.05, 0.1) is 4.90 Å². The molecule has 0 bridgehead atoms. The largest absolute Gasteiger partial charge is 0.312 e. The van der Waals surface area contributed by atoms with Crippen LogP contribution in [0.5, 0.6) is 0 Å². The summed E-state index contributed by atoms with van der Waals surface area (Å²) in [7, 11) is -3.38. The Kier molecular flexibility index (Phi) is 5.58. The van der Waals surface area contributed by atoms with Crippen molar-refractivity contribution in [1.29, 1.82) is 0 Å². The maximum atomic E-state index is 12.7. The first-order valence-corrected chi connectivity index (χ1v) is 11.9. The monoisotopic (exact) mass is 462 g/mol. The van der Waals surface area contributed by atoms with E-state index in [1.54, 1.807) is 16.4 Å². The Hall–Kier alpha value is -1.70. The van der Waals surface area contributed by atoms with Gasteiger partial charge in [0.25, 0.3) is 0 Å². The number of carbonyl (C=O) groups excluding carboxylic acids is 1. The number of halogens is 1. The van der Waals surface area contributed by atoms with E-state index in [0.717, 1.165) is 41.5 Å². The number of anilines is 1. The van der Waals surface area contributed by atoms with Crippen LogP contribution in [0.1, 0.15) is 30.4 Å². The van der Waals surface area contributed by atoms with Crippen molar-refractivity contribution in [3.05, 3.63) is 58.1 Å². The highest BCUT2D eigenvalue weighted by Gasteiger charge is 2.27. The van der Waals surface area contributed by atoms with Crippen LogP contribution in [-0.4, -0.2) is 38.3 Å². The number of amides is 1. The Labute approximate surface area is 174 Å². The number of aryl methyl sites for hydroxylation is 1. The third-order valence-corrected chi connectivity index (χ3v) is 7.90. The summed E-state index contributed by atoms with van der Waals surface area (Å²) in [6, 6.07) is 13.0. The van der Waals surface area contributed by atoms with Crippen molar-refractivity contribution < 1.29 is 13.2 Å². The topological polar surface area (TPSA) is 57.7 Å². The van der Waals surface area contributed by atoms with Gasteiger partial charge in [0.1, 0.15) is 0 Å². The summed E-state index contributed by atoms with van der Waals surface area (Å²) in [5, 5.41) is 0. The zero-order valence-corrected chi connectivity index (χ0v) is 18.0. The van der Waals surface area contributed by atoms with E-state index in [-0.39, 0.29) is 5.91 Å². The van der Waals surface area contributed by atoms with Crippen LogP contribution in [0.25, 0.3) is 0 Å². The lowest BCUT2D eigenvalue weighted by Gasteiger charge is -2.18. The molecule has 0 spiro atoms. The van der Waals surface area contributed by atoms with E-state index in [4.69, 9.17) is 0 Å². The molecule has 5 nitrogen and oxygen atoms in total. The van der Waals surface area contributed by atoms with Gasteiger partial charge in [-0.15, -0.1) is 0 Å². The van der Waals surface area contributed by atoms with Gasteiger partial charge >= 0.3 is 0 Å². The lowest BCUT2D eigenvalue weighted by molar-refractivity contribution is -0.118. The first kappa shape index (κ1) is 19.6. The van der Waals surface area contributed by atoms with E-state index in [1.807, 2.05) is 29.2 Å². The van der Waals surface area contributed by atoms with Crippen LogP contribution in [0.15, 0.2) is 51.8 Å². The highest BCUT2D eigenvalue weighted by atomic mass is 79.9. The number of nitrogens with zero attached hydrogens (tertiary/aromatic N) is 2. The molecule has 1 saturated heterocycles. The number of rotatable bonds is 5. The fourth-order valence-electron chi connectivity index (χ4n) is 3.92. The molecule has 1 fully saturated rings. The van der Waals surface area contributed by atoms with Crippen molar-refractivity contribution >= 4 is 37.5 Å². The van der Waals surface area contributed by atoms with Crippen molar-refractivity contribution in [2.75, 3.05) is 24.5 Å². The van der Waals surface area contributed by atoms with Gasteiger partial charge in [0.15, 0.2) is 0 Å². The minimum Gasteiger partial charge on any atom is -0.312 e. The molecule has 148 valence electrons. The van der Waals surface area contributed by atoms with Crippen molar-refractivity contribution in [2.45, 2.75) is 37.0 Å². The molecule has 0 unspecified atom stereocenters. The summed E-state index contributed by atoms with van der Waals surface area (Å²) in [6.45, 7) is 1.93. The van der Waals surface area contributed by atoms with Crippen LogP contribution in [0, 0.1) is 0 Å². The van der Waals surface area contributed by atoms with Gasteiger partial charge in [-0.1, -0.05) is 28.1 Å². The van der Waals surface area contributed by atoms with Gasteiger partial charge < -0.3 is 4.90 Å². The summed E-state index contributed by atoms with van der Waals surface area (Å²) in [5.41, 5.74) is 3.17. The summed E-state index contributed by atoms with van der Waals surface area (Å²) < 4.78 is 27.8. The molecule has 2 heterocycles. The quantitative estimate of drug-likeness (QED) is 0.679. The molecular formula is C21H23BrN2O3S. The van der Waals surface area contributed by atoms with Crippen molar-refractivity contribution in [3.8, 4) is 0 Å². The molecule has 2 aromatic rings. The third-order valence-electron chi connectivity index (χ3n) is 5.49. The molecule has 0 N–H and O–H groups in total. The van der Waals surface area contributed by atoms with Crippen molar-refractivity contribution in [2.24, 2.45) is 0 Å². The second-order valence-corrected chi connectivity index (χ2v) is 10.2. The summed E-state index contributed by atoms with van der Waals surface area (Å²) in [5.74, 6) is 0.106. The van der Waals surface area contributed by atoms with E-state index in [2.05, 4.69) is 22.0 Å². The molecule has 2 aromatic carbocycles. The van der Waals surface area contributed by atoms with Gasteiger partial charge in [-0.3, -0.25) is 4.79 Å². The highest BCUT2D eigenvalue weighted by Crippen LogP contribution is 2.31. The maximum Gasteiger partial charge on any atom is 0.243 e. The number of hydrogen-bond donors (Lipinski definition) is 0. The molecule has 1 amide bonds. The highest BCUT2D eigenvalue weighted by molar-refractivity contribution is 9.10. The van der Waals surface area contributed by atoms with E-state index >= 15 is 0 Å². The molecule has 7 heteroatoms. The van der Waals surface area contributed by atoms with Gasteiger partial charge in [-0.25, -0.2) is 8.42 Å². The lowest BCUT2D eigenvalue weighted by atomic mass is 10.1. The van der Waals surface area contributed by atoms with Crippen molar-refractivity contribution in [1.82, 2.24) is 4.31 Å². The van der Waals surface area contributed by atoms with Crippen LogP contribution >= 0.6 is 15.9 Å². The molecule has 4 rings (SSSR count). The average molecular weight is 463 g/mol. The third kappa shape index (κ3) is 3.88. The Balaban J connectivity index is 1.39. The second kappa shape index (κ2) is 7.97. The summed E-state index contributed by atoms with van der Waals surface area (Å²) >= 11 is 3.48. The van der Waals surface area contributed by atoms with Crippen LogP contribution in [0.2, 0.25) is 0 Å². The van der Waals surface area contributed by atoms with Gasteiger partial charge in [-0.2, -0.15) is 4.31 Å². The molecule has 2 aliphatic heterocycles. The maximum absolute atomic E-state index is 12.7. The number of sulfonamides is 1. The van der Waals surface area contributed by atoms with Crippen molar-refractivity contribution in [3.63, 3.8) is 0 Å². The van der Waals surface area contributed by atoms with E-state index in [9.17, 15) is 13.2 Å². The minimum atomic E-state index is -3.38. The Morgan fingerprint density at radius 2 is 1.71 bits per heavy atom. The van der Waals surface area contributed by atoms with Gasteiger partial charge in [0, 0.05) is 36.2 Å². The SMILES string of the molecule is O=C(CCc1ccc(S(=O)(=O)N2CCCC2)cc1)N1CCc2cc(Br)ccc21. The minimum absolute atomic E-state index is 0.106. The summed E-state index contributed by atoms with van der Waals surface area (Å²) in [4.78, 5) is 14.9. The molecule has 0 aliphatic carbocycles. The second-order valence-electron chi connectivity index (χ2n) is 7.32. The number of hydrogen-bond acceptors (Lipinski definition) is 3. The molecular weight excluding hydrogens is 440 g/mol. The molecule has 0 radical (unpaired) electrons. The van der Waals surface area contributed by atoms with Crippen LogP contribution < -0.4 is 4.90 Å².